The van der Waals surface area contributed by atoms with E-state index in [4.69, 9.17) is 5.41 Å². The molecule has 0 saturated heterocycles. The van der Waals surface area contributed by atoms with Crippen molar-refractivity contribution in [2.75, 3.05) is 4.31 Å². The van der Waals surface area contributed by atoms with Crippen LogP contribution in [-0.2, 0) is 10.0 Å². The molecule has 1 heterocycles. The molecule has 0 saturated carbocycles. The van der Waals surface area contributed by atoms with Gasteiger partial charge in [-0.3, -0.25) is 5.41 Å². The highest BCUT2D eigenvalue weighted by Crippen LogP contribution is 2.33. The third-order valence-electron chi connectivity index (χ3n) is 2.38. The zero-order chi connectivity index (χ0) is 14.0. The van der Waals surface area contributed by atoms with Crippen LogP contribution in [0, 0.1) is 5.41 Å². The quantitative estimate of drug-likeness (QED) is 0.675. The van der Waals surface area contributed by atoms with Crippen molar-refractivity contribution in [3.05, 3.63) is 41.8 Å². The predicted octanol–water partition coefficient (Wildman–Crippen LogP) is 2.65. The van der Waals surface area contributed by atoms with Gasteiger partial charge in [-0.25, -0.2) is 4.31 Å². The molecule has 2 rings (SSSR count). The number of anilines is 1. The summed E-state index contributed by atoms with van der Waals surface area (Å²) in [5, 5.41) is 18.8. The van der Waals surface area contributed by atoms with Crippen LogP contribution in [0.5, 0.6) is 5.75 Å². The fourth-order valence-corrected chi connectivity index (χ4v) is 4.28. The average Bonchev–Trinajstić information content (AvgIpc) is 2.77. The molecule has 1 aromatic carbocycles. The monoisotopic (exact) mass is 296 g/mol. The second kappa shape index (κ2) is 5.02. The van der Waals surface area contributed by atoms with E-state index in [2.05, 4.69) is 0 Å². The number of rotatable bonds is 3. The first-order valence-corrected chi connectivity index (χ1v) is 7.68. The first-order chi connectivity index (χ1) is 8.94. The number of thiophene rings is 1. The maximum atomic E-state index is 12.5. The van der Waals surface area contributed by atoms with Crippen LogP contribution in [0.3, 0.4) is 0 Å². The van der Waals surface area contributed by atoms with Crippen LogP contribution < -0.4 is 4.31 Å². The zero-order valence-electron chi connectivity index (χ0n) is 10.1. The van der Waals surface area contributed by atoms with Gasteiger partial charge in [-0.15, -0.1) is 11.3 Å². The van der Waals surface area contributed by atoms with Crippen LogP contribution in [0.25, 0.3) is 0 Å². The molecule has 0 fully saturated rings. The molecular formula is C12H12N2O3S2. The molecule has 5 nitrogen and oxygen atoms in total. The molecule has 0 bridgehead atoms. The van der Waals surface area contributed by atoms with Gasteiger partial charge >= 0.3 is 0 Å². The van der Waals surface area contributed by atoms with Gasteiger partial charge in [0.05, 0.1) is 5.69 Å². The number of benzene rings is 1. The lowest BCUT2D eigenvalue weighted by Gasteiger charge is -2.22. The molecule has 0 spiro atoms. The van der Waals surface area contributed by atoms with Crippen molar-refractivity contribution in [2.45, 2.75) is 11.1 Å². The molecule has 2 aromatic rings. The minimum Gasteiger partial charge on any atom is -0.506 e. The number of sulfonamides is 1. The Balaban J connectivity index is 2.59. The molecule has 19 heavy (non-hydrogen) atoms. The highest BCUT2D eigenvalue weighted by molar-refractivity contribution is 7.95. The summed E-state index contributed by atoms with van der Waals surface area (Å²) < 4.78 is 25.7. The van der Waals surface area contributed by atoms with Crippen LogP contribution in [-0.4, -0.2) is 19.4 Å². The van der Waals surface area contributed by atoms with Crippen LogP contribution >= 0.6 is 11.3 Å². The molecule has 0 aliphatic heterocycles. The highest BCUT2D eigenvalue weighted by atomic mass is 32.2. The van der Waals surface area contributed by atoms with Crippen molar-refractivity contribution in [1.29, 1.82) is 5.41 Å². The van der Waals surface area contributed by atoms with Crippen molar-refractivity contribution in [3.63, 3.8) is 0 Å². The van der Waals surface area contributed by atoms with Crippen LogP contribution in [0.2, 0.25) is 0 Å². The molecule has 0 aliphatic carbocycles. The summed E-state index contributed by atoms with van der Waals surface area (Å²) in [7, 11) is -3.96. The van der Waals surface area contributed by atoms with E-state index in [9.17, 15) is 13.5 Å². The maximum Gasteiger partial charge on any atom is 0.282 e. The Bertz CT molecular complexity index is 693. The average molecular weight is 296 g/mol. The van der Waals surface area contributed by atoms with Gasteiger partial charge in [0.2, 0.25) is 0 Å². The fraction of sp³-hybridized carbons (Fsp3) is 0.0833. The number of amidine groups is 1. The number of hydrogen-bond acceptors (Lipinski definition) is 5. The van der Waals surface area contributed by atoms with E-state index in [0.29, 0.717) is 5.69 Å². The van der Waals surface area contributed by atoms with E-state index >= 15 is 0 Å². The summed E-state index contributed by atoms with van der Waals surface area (Å²) in [5.74, 6) is -0.439. The van der Waals surface area contributed by atoms with Gasteiger partial charge in [0, 0.05) is 0 Å². The Morgan fingerprint density at radius 1 is 1.26 bits per heavy atom. The molecule has 0 atom stereocenters. The molecule has 1 aromatic heterocycles. The Morgan fingerprint density at radius 2 is 1.89 bits per heavy atom. The Kier molecular flexibility index (Phi) is 3.59. The normalized spacial score (nSPS) is 11.2. The third-order valence-corrected chi connectivity index (χ3v) is 5.64. The van der Waals surface area contributed by atoms with Gasteiger partial charge in [0.25, 0.3) is 10.0 Å². The molecule has 0 unspecified atom stereocenters. The first-order valence-electron chi connectivity index (χ1n) is 5.36. The van der Waals surface area contributed by atoms with Crippen molar-refractivity contribution in [2.24, 2.45) is 0 Å². The van der Waals surface area contributed by atoms with E-state index in [0.717, 1.165) is 15.6 Å². The van der Waals surface area contributed by atoms with Crippen molar-refractivity contribution in [1.82, 2.24) is 0 Å². The molecule has 0 radical (unpaired) electrons. The maximum absolute atomic E-state index is 12.5. The van der Waals surface area contributed by atoms with Crippen LogP contribution in [0.4, 0.5) is 5.69 Å². The van der Waals surface area contributed by atoms with E-state index in [1.165, 1.54) is 18.4 Å². The summed E-state index contributed by atoms with van der Waals surface area (Å²) in [4.78, 5) is 0. The first kappa shape index (κ1) is 13.6. The van der Waals surface area contributed by atoms with Gasteiger partial charge in [-0.05, 0) is 30.5 Å². The molecule has 2 N–H and O–H groups in total. The number of nitrogens with one attached hydrogen (secondary N) is 1. The van der Waals surface area contributed by atoms with Gasteiger partial charge < -0.3 is 5.11 Å². The largest absolute Gasteiger partial charge is 0.506 e. The van der Waals surface area contributed by atoms with Crippen molar-refractivity contribution < 1.29 is 13.5 Å². The molecular weight excluding hydrogens is 284 g/mol. The lowest BCUT2D eigenvalue weighted by Crippen LogP contribution is -2.34. The Hall–Kier alpha value is -1.86. The smallest absolute Gasteiger partial charge is 0.282 e. The second-order valence-corrected chi connectivity index (χ2v) is 6.68. The van der Waals surface area contributed by atoms with Crippen LogP contribution in [0.1, 0.15) is 6.92 Å². The Morgan fingerprint density at radius 3 is 2.37 bits per heavy atom. The summed E-state index contributed by atoms with van der Waals surface area (Å²) in [6.07, 6.45) is 0. The number of aromatic hydroxyl groups is 1. The molecule has 0 aliphatic rings. The fourth-order valence-electron chi connectivity index (χ4n) is 1.64. The number of nitrogens with zero attached hydrogens (tertiary/aromatic N) is 1. The van der Waals surface area contributed by atoms with Crippen molar-refractivity contribution in [3.8, 4) is 5.75 Å². The second-order valence-electron chi connectivity index (χ2n) is 3.78. The summed E-state index contributed by atoms with van der Waals surface area (Å²) >= 11 is 0.921. The van der Waals surface area contributed by atoms with E-state index in [1.807, 2.05) is 0 Å². The summed E-state index contributed by atoms with van der Waals surface area (Å²) in [6, 6.07) is 9.65. The molecule has 7 heteroatoms. The van der Waals surface area contributed by atoms with E-state index in [-0.39, 0.29) is 15.8 Å². The van der Waals surface area contributed by atoms with Crippen LogP contribution in [0.15, 0.2) is 46.0 Å². The Labute approximate surface area is 115 Å². The minimum atomic E-state index is -3.96. The van der Waals surface area contributed by atoms with Gasteiger partial charge in [-0.1, -0.05) is 18.2 Å². The summed E-state index contributed by atoms with van der Waals surface area (Å²) in [6.45, 7) is 1.38. The lowest BCUT2D eigenvalue weighted by molar-refractivity contribution is 0.464. The number of para-hydroxylation sites is 1. The lowest BCUT2D eigenvalue weighted by atomic mass is 10.3. The van der Waals surface area contributed by atoms with Gasteiger partial charge in [0.1, 0.15) is 11.6 Å². The van der Waals surface area contributed by atoms with E-state index in [1.54, 1.807) is 30.3 Å². The topological polar surface area (TPSA) is 81.5 Å². The van der Waals surface area contributed by atoms with Gasteiger partial charge in [0.15, 0.2) is 4.21 Å². The van der Waals surface area contributed by atoms with Crippen molar-refractivity contribution >= 4 is 32.9 Å². The standard InChI is InChI=1S/C12H12N2O3S2/c1-9(13)14(10-5-3-2-4-6-10)19(16,17)12-11(15)7-8-18-12/h2-8,13,15H,1H3. The minimum absolute atomic E-state index is 0.140. The van der Waals surface area contributed by atoms with E-state index < -0.39 is 10.0 Å². The third kappa shape index (κ3) is 2.47. The molecule has 100 valence electrons. The highest BCUT2D eigenvalue weighted by Gasteiger charge is 2.30. The number of hydrogen-bond donors (Lipinski definition) is 2. The SMILES string of the molecule is CC(=N)N(c1ccccc1)S(=O)(=O)c1sccc1O. The zero-order valence-corrected chi connectivity index (χ0v) is 11.7. The van der Waals surface area contributed by atoms with Gasteiger partial charge in [-0.2, -0.15) is 8.42 Å². The molecule has 0 amide bonds. The predicted molar refractivity (Wildman–Crippen MR) is 75.5 cm³/mol. The summed E-state index contributed by atoms with van der Waals surface area (Å²) in [5.41, 5.74) is 0.364.